The molecule has 24 heavy (non-hydrogen) atoms. The van der Waals surface area contributed by atoms with Gasteiger partial charge >= 0.3 is 0 Å². The molecule has 3 rings (SSSR count). The lowest BCUT2D eigenvalue weighted by molar-refractivity contribution is 0.0211. The molecule has 0 radical (unpaired) electrons. The van der Waals surface area contributed by atoms with E-state index in [0.29, 0.717) is 28.5 Å². The maximum atomic E-state index is 14.4. The van der Waals surface area contributed by atoms with Gasteiger partial charge in [-0.3, -0.25) is 0 Å². The number of benzene rings is 1. The standard InChI is InChI=1S/C16H19ClFN3O.2ClH/c1-11-2-3-13(17)14(15(11)18)16-20-5-8-21(16)7-4-12-10-19-6-9-22-12;;/h2-3,5,8,12,19H,4,6-7,9-10H2,1H3;2*1H. The summed E-state index contributed by atoms with van der Waals surface area (Å²) in [6.07, 6.45) is 4.56. The molecule has 1 aliphatic heterocycles. The van der Waals surface area contributed by atoms with Crippen molar-refractivity contribution in [2.75, 3.05) is 19.7 Å². The third-order valence-electron chi connectivity index (χ3n) is 3.92. The first-order valence-corrected chi connectivity index (χ1v) is 7.83. The van der Waals surface area contributed by atoms with Crippen LogP contribution in [0, 0.1) is 12.7 Å². The summed E-state index contributed by atoms with van der Waals surface area (Å²) >= 11 is 6.19. The van der Waals surface area contributed by atoms with E-state index < -0.39 is 0 Å². The Labute approximate surface area is 158 Å². The minimum atomic E-state index is -0.310. The number of nitrogens with one attached hydrogen (secondary N) is 1. The Balaban J connectivity index is 0.00000144. The molecule has 0 amide bonds. The monoisotopic (exact) mass is 395 g/mol. The van der Waals surface area contributed by atoms with Crippen molar-refractivity contribution in [3.05, 3.63) is 40.9 Å². The predicted octanol–water partition coefficient (Wildman–Crippen LogP) is 3.87. The minimum absolute atomic E-state index is 0. The second-order valence-corrected chi connectivity index (χ2v) is 5.89. The highest BCUT2D eigenvalue weighted by Crippen LogP contribution is 2.31. The lowest BCUT2D eigenvalue weighted by atomic mass is 10.1. The van der Waals surface area contributed by atoms with Gasteiger partial charge in [-0.05, 0) is 25.0 Å². The van der Waals surface area contributed by atoms with Gasteiger partial charge in [-0.15, -0.1) is 24.8 Å². The Hall–Kier alpha value is -0.850. The number of rotatable bonds is 4. The smallest absolute Gasteiger partial charge is 0.144 e. The summed E-state index contributed by atoms with van der Waals surface area (Å²) in [6.45, 7) is 4.93. The van der Waals surface area contributed by atoms with Crippen molar-refractivity contribution >= 4 is 36.4 Å². The highest BCUT2D eigenvalue weighted by molar-refractivity contribution is 6.33. The molecule has 134 valence electrons. The fraction of sp³-hybridized carbons (Fsp3) is 0.438. The van der Waals surface area contributed by atoms with E-state index in [2.05, 4.69) is 10.3 Å². The summed E-state index contributed by atoms with van der Waals surface area (Å²) in [6, 6.07) is 3.39. The highest BCUT2D eigenvalue weighted by atomic mass is 35.5. The molecule has 0 aliphatic carbocycles. The third kappa shape index (κ3) is 4.61. The second-order valence-electron chi connectivity index (χ2n) is 5.48. The van der Waals surface area contributed by atoms with Gasteiger partial charge in [0, 0.05) is 32.0 Å². The van der Waals surface area contributed by atoms with Crippen LogP contribution in [0.5, 0.6) is 0 Å². The predicted molar refractivity (Wildman–Crippen MR) is 99.1 cm³/mol. The quantitative estimate of drug-likeness (QED) is 0.852. The summed E-state index contributed by atoms with van der Waals surface area (Å²) in [7, 11) is 0. The van der Waals surface area contributed by atoms with Gasteiger partial charge in [0.2, 0.25) is 0 Å². The number of nitrogens with zero attached hydrogens (tertiary/aromatic N) is 2. The average molecular weight is 397 g/mol. The van der Waals surface area contributed by atoms with E-state index >= 15 is 0 Å². The first-order chi connectivity index (χ1) is 10.7. The van der Waals surface area contributed by atoms with Gasteiger partial charge in [-0.1, -0.05) is 17.7 Å². The number of hydrogen-bond donors (Lipinski definition) is 1. The zero-order valence-corrected chi connectivity index (χ0v) is 15.7. The Morgan fingerprint density at radius 3 is 2.92 bits per heavy atom. The zero-order valence-electron chi connectivity index (χ0n) is 13.3. The molecule has 1 atom stereocenters. The van der Waals surface area contributed by atoms with Crippen LogP contribution in [0.1, 0.15) is 12.0 Å². The van der Waals surface area contributed by atoms with Gasteiger partial charge < -0.3 is 14.6 Å². The van der Waals surface area contributed by atoms with Crippen LogP contribution >= 0.6 is 36.4 Å². The first kappa shape index (κ1) is 21.2. The number of imidazole rings is 1. The third-order valence-corrected chi connectivity index (χ3v) is 4.23. The number of halogens is 4. The van der Waals surface area contributed by atoms with E-state index in [4.69, 9.17) is 16.3 Å². The summed E-state index contributed by atoms with van der Waals surface area (Å²) in [5.41, 5.74) is 0.933. The van der Waals surface area contributed by atoms with E-state index in [1.165, 1.54) is 0 Å². The molecule has 1 unspecified atom stereocenters. The van der Waals surface area contributed by atoms with Crippen LogP contribution in [-0.4, -0.2) is 35.4 Å². The van der Waals surface area contributed by atoms with Crippen molar-refractivity contribution in [1.82, 2.24) is 14.9 Å². The number of morpholine rings is 1. The van der Waals surface area contributed by atoms with Crippen molar-refractivity contribution in [2.24, 2.45) is 0 Å². The molecular formula is C16H21Cl3FN3O. The van der Waals surface area contributed by atoms with Gasteiger partial charge in [0.25, 0.3) is 0 Å². The summed E-state index contributed by atoms with van der Waals surface area (Å²) in [4.78, 5) is 4.30. The summed E-state index contributed by atoms with van der Waals surface area (Å²) in [5.74, 6) is 0.255. The molecular weight excluding hydrogens is 376 g/mol. The van der Waals surface area contributed by atoms with E-state index in [1.54, 1.807) is 25.3 Å². The van der Waals surface area contributed by atoms with Crippen LogP contribution in [0.3, 0.4) is 0 Å². The lowest BCUT2D eigenvalue weighted by Crippen LogP contribution is -2.38. The van der Waals surface area contributed by atoms with Gasteiger partial charge in [-0.25, -0.2) is 9.37 Å². The van der Waals surface area contributed by atoms with E-state index in [0.717, 1.165) is 26.1 Å². The maximum absolute atomic E-state index is 14.4. The second kappa shape index (κ2) is 9.59. The summed E-state index contributed by atoms with van der Waals surface area (Å²) in [5, 5.41) is 3.69. The van der Waals surface area contributed by atoms with Crippen LogP contribution in [0.15, 0.2) is 24.5 Å². The molecule has 0 bridgehead atoms. The fourth-order valence-corrected chi connectivity index (χ4v) is 2.90. The van der Waals surface area contributed by atoms with Crippen molar-refractivity contribution < 1.29 is 9.13 Å². The lowest BCUT2D eigenvalue weighted by Gasteiger charge is -2.24. The van der Waals surface area contributed by atoms with Gasteiger partial charge in [0.05, 0.1) is 23.3 Å². The number of ether oxygens (including phenoxy) is 1. The summed E-state index contributed by atoms with van der Waals surface area (Å²) < 4.78 is 22.1. The van der Waals surface area contributed by atoms with E-state index in [9.17, 15) is 4.39 Å². The van der Waals surface area contributed by atoms with Gasteiger partial charge in [-0.2, -0.15) is 0 Å². The Kier molecular flexibility index (Phi) is 8.46. The average Bonchev–Trinajstić information content (AvgIpc) is 2.99. The van der Waals surface area contributed by atoms with Crippen LogP contribution in [0.25, 0.3) is 11.4 Å². The molecule has 1 N–H and O–H groups in total. The molecule has 0 saturated carbocycles. The number of aromatic nitrogens is 2. The van der Waals surface area contributed by atoms with Crippen LogP contribution < -0.4 is 5.32 Å². The molecule has 1 aromatic carbocycles. The molecule has 2 heterocycles. The highest BCUT2D eigenvalue weighted by Gasteiger charge is 2.18. The topological polar surface area (TPSA) is 39.1 Å². The molecule has 1 aliphatic rings. The van der Waals surface area contributed by atoms with Crippen molar-refractivity contribution in [1.29, 1.82) is 0 Å². The maximum Gasteiger partial charge on any atom is 0.144 e. The molecule has 2 aromatic rings. The Bertz CT molecular complexity index is 660. The van der Waals surface area contributed by atoms with Crippen molar-refractivity contribution in [3.8, 4) is 11.4 Å². The fourth-order valence-electron chi connectivity index (χ4n) is 2.67. The number of aryl methyl sites for hydroxylation is 2. The Morgan fingerprint density at radius 1 is 1.42 bits per heavy atom. The molecule has 1 fully saturated rings. The van der Waals surface area contributed by atoms with Crippen LogP contribution in [0.4, 0.5) is 4.39 Å². The van der Waals surface area contributed by atoms with Crippen molar-refractivity contribution in [3.63, 3.8) is 0 Å². The molecule has 4 nitrogen and oxygen atoms in total. The largest absolute Gasteiger partial charge is 0.376 e. The Morgan fingerprint density at radius 2 is 2.21 bits per heavy atom. The molecule has 1 aromatic heterocycles. The van der Waals surface area contributed by atoms with Gasteiger partial charge in [0.15, 0.2) is 0 Å². The van der Waals surface area contributed by atoms with Crippen molar-refractivity contribution in [2.45, 2.75) is 26.0 Å². The van der Waals surface area contributed by atoms with Gasteiger partial charge in [0.1, 0.15) is 11.6 Å². The van der Waals surface area contributed by atoms with E-state index in [1.807, 2.05) is 10.8 Å². The molecule has 1 saturated heterocycles. The SMILES string of the molecule is Cc1ccc(Cl)c(-c2nccn2CCC2CNCCO2)c1F.Cl.Cl. The zero-order chi connectivity index (χ0) is 15.5. The van der Waals surface area contributed by atoms with E-state index in [-0.39, 0.29) is 36.7 Å². The molecule has 0 spiro atoms. The minimum Gasteiger partial charge on any atom is -0.376 e. The molecule has 8 heteroatoms. The van der Waals surface area contributed by atoms with Crippen LogP contribution in [0.2, 0.25) is 5.02 Å². The number of hydrogen-bond acceptors (Lipinski definition) is 3. The first-order valence-electron chi connectivity index (χ1n) is 7.45. The normalized spacial score (nSPS) is 17.0. The van der Waals surface area contributed by atoms with Crippen LogP contribution in [-0.2, 0) is 11.3 Å².